The number of hydrogen-bond donors (Lipinski definition) is 0. The van der Waals surface area contributed by atoms with Crippen LogP contribution in [0.15, 0.2) is 41.6 Å². The number of alkyl halides is 6. The van der Waals surface area contributed by atoms with Crippen LogP contribution in [0.3, 0.4) is 0 Å². The maximum Gasteiger partial charge on any atom is 0.429 e. The van der Waals surface area contributed by atoms with Gasteiger partial charge in [0.1, 0.15) is 6.54 Å². The van der Waals surface area contributed by atoms with Gasteiger partial charge in [-0.1, -0.05) is 34.4 Å². The molecule has 2 aromatic rings. The smallest absolute Gasteiger partial charge is 0.429 e. The topological polar surface area (TPSA) is 68.2 Å². The number of hydrogen-bond acceptors (Lipinski definition) is 5. The van der Waals surface area contributed by atoms with E-state index < -0.39 is 42.9 Å². The van der Waals surface area contributed by atoms with E-state index in [0.717, 1.165) is 13.2 Å². The Morgan fingerprint density at radius 2 is 1.67 bits per heavy atom. The molecule has 36 heavy (non-hydrogen) atoms. The summed E-state index contributed by atoms with van der Waals surface area (Å²) >= 11 is 11.9. The predicted molar refractivity (Wildman–Crippen MR) is 117 cm³/mol. The lowest BCUT2D eigenvalue weighted by Gasteiger charge is -2.23. The molecule has 1 heterocycles. The summed E-state index contributed by atoms with van der Waals surface area (Å²) in [4.78, 5) is 29.1. The number of benzene rings is 2. The van der Waals surface area contributed by atoms with Crippen LogP contribution in [0.2, 0.25) is 10.0 Å². The highest BCUT2D eigenvalue weighted by Crippen LogP contribution is 2.42. The number of aryl methyl sites for hydroxylation is 1. The fraction of sp³-hybridized carbons (Fsp3) is 0.318. The van der Waals surface area contributed by atoms with Gasteiger partial charge in [-0.05, 0) is 48.4 Å². The number of carbonyl (C=O) groups excluding carboxylic acids is 2. The summed E-state index contributed by atoms with van der Waals surface area (Å²) in [6.07, 6.45) is -13.6. The second-order valence-electron chi connectivity index (χ2n) is 7.73. The summed E-state index contributed by atoms with van der Waals surface area (Å²) in [5.74, 6) is -2.79. The molecule has 14 heteroatoms. The Hall–Kier alpha value is -2.99. The second-order valence-corrected chi connectivity index (χ2v) is 8.60. The second kappa shape index (κ2) is 10.2. The van der Waals surface area contributed by atoms with Crippen LogP contribution >= 0.6 is 23.2 Å². The summed E-state index contributed by atoms with van der Waals surface area (Å²) in [5.41, 5.74) is -0.251. The van der Waals surface area contributed by atoms with Crippen molar-refractivity contribution in [3.63, 3.8) is 0 Å². The molecule has 0 saturated carbocycles. The Bertz CT molecular complexity index is 1200. The Morgan fingerprint density at radius 3 is 2.17 bits per heavy atom. The van der Waals surface area contributed by atoms with Crippen LogP contribution in [0.25, 0.3) is 0 Å². The zero-order valence-electron chi connectivity index (χ0n) is 18.4. The van der Waals surface area contributed by atoms with Crippen molar-refractivity contribution in [3.8, 4) is 0 Å². The first-order chi connectivity index (χ1) is 16.6. The molecular formula is C22H16Cl2F6N2O4. The summed E-state index contributed by atoms with van der Waals surface area (Å²) in [6.45, 7) is -0.562. The number of ether oxygens (including phenoxy) is 1. The van der Waals surface area contributed by atoms with Gasteiger partial charge in [-0.15, -0.1) is 0 Å². The number of amides is 2. The summed E-state index contributed by atoms with van der Waals surface area (Å²) in [7, 11) is 0.812. The van der Waals surface area contributed by atoms with E-state index in [9.17, 15) is 35.9 Å². The molecule has 2 unspecified atom stereocenters. The fourth-order valence-electron chi connectivity index (χ4n) is 3.66. The highest BCUT2D eigenvalue weighted by Gasteiger charge is 2.53. The lowest BCUT2D eigenvalue weighted by molar-refractivity contribution is -0.216. The van der Waals surface area contributed by atoms with E-state index in [1.807, 2.05) is 0 Å². The number of methoxy groups -OCH3 is 1. The van der Waals surface area contributed by atoms with Gasteiger partial charge in [-0.25, -0.2) is 9.69 Å². The van der Waals surface area contributed by atoms with E-state index in [1.165, 1.54) is 37.3 Å². The number of nitrogens with zero attached hydrogens (tertiary/aromatic N) is 2. The molecule has 1 aliphatic rings. The molecule has 0 radical (unpaired) electrons. The van der Waals surface area contributed by atoms with Crippen LogP contribution in [-0.2, 0) is 9.57 Å². The van der Waals surface area contributed by atoms with Crippen molar-refractivity contribution in [1.82, 2.24) is 4.90 Å². The molecule has 0 aliphatic carbocycles. The molecule has 0 saturated heterocycles. The molecule has 1 aliphatic heterocycles. The summed E-state index contributed by atoms with van der Waals surface area (Å²) in [6, 6.07) is 7.39. The maximum absolute atomic E-state index is 13.7. The molecule has 0 N–H and O–H groups in total. The van der Waals surface area contributed by atoms with E-state index >= 15 is 0 Å². The zero-order valence-corrected chi connectivity index (χ0v) is 19.9. The number of oxime groups is 1. The lowest BCUT2D eigenvalue weighted by Crippen LogP contribution is -2.43. The van der Waals surface area contributed by atoms with Crippen LogP contribution in [0, 0.1) is 6.92 Å². The molecule has 2 aromatic carbocycles. The van der Waals surface area contributed by atoms with Gasteiger partial charge in [0.2, 0.25) is 6.10 Å². The zero-order chi connectivity index (χ0) is 27.0. The molecule has 0 aromatic heterocycles. The fourth-order valence-corrected chi connectivity index (χ4v) is 4.20. The molecule has 3 rings (SSSR count). The summed E-state index contributed by atoms with van der Waals surface area (Å²) < 4.78 is 84.1. The predicted octanol–water partition coefficient (Wildman–Crippen LogP) is 6.52. The molecule has 0 spiro atoms. The Balaban J connectivity index is 2.02. The van der Waals surface area contributed by atoms with Crippen molar-refractivity contribution in [1.29, 1.82) is 0 Å². The molecule has 194 valence electrons. The quantitative estimate of drug-likeness (QED) is 0.402. The molecule has 2 amide bonds. The molecular weight excluding hydrogens is 541 g/mol. The first kappa shape index (κ1) is 27.6. The van der Waals surface area contributed by atoms with Crippen molar-refractivity contribution in [2.24, 2.45) is 5.16 Å². The van der Waals surface area contributed by atoms with Gasteiger partial charge in [0, 0.05) is 21.2 Å². The van der Waals surface area contributed by atoms with Crippen LogP contribution in [0.5, 0.6) is 0 Å². The van der Waals surface area contributed by atoms with E-state index in [2.05, 4.69) is 9.89 Å². The minimum absolute atomic E-state index is 0.0610. The average Bonchev–Trinajstić information content (AvgIpc) is 3.21. The van der Waals surface area contributed by atoms with Crippen molar-refractivity contribution in [2.75, 3.05) is 13.7 Å². The Morgan fingerprint density at radius 1 is 1.06 bits per heavy atom. The molecule has 2 atom stereocenters. The number of imide groups is 1. The van der Waals surface area contributed by atoms with E-state index in [1.54, 1.807) is 0 Å². The SMILES string of the molecule is COC(=O)N(CC(F)(F)F)C(=O)c1ccc(C2=NOC(C(F)(F)F)C2c2cc(Cl)cc(Cl)c2)cc1C. The van der Waals surface area contributed by atoms with Crippen LogP contribution < -0.4 is 0 Å². The minimum atomic E-state index is -4.90. The monoisotopic (exact) mass is 556 g/mol. The van der Waals surface area contributed by atoms with Gasteiger partial charge >= 0.3 is 18.4 Å². The van der Waals surface area contributed by atoms with Crippen LogP contribution in [-0.4, -0.2) is 54.7 Å². The maximum atomic E-state index is 13.7. The normalized spacial score (nSPS) is 17.9. The van der Waals surface area contributed by atoms with Gasteiger partial charge < -0.3 is 9.57 Å². The first-order valence-corrected chi connectivity index (χ1v) is 10.7. The van der Waals surface area contributed by atoms with Gasteiger partial charge in [-0.3, -0.25) is 4.79 Å². The summed E-state index contributed by atoms with van der Waals surface area (Å²) in [5, 5.41) is 3.76. The van der Waals surface area contributed by atoms with Gasteiger partial charge in [0.15, 0.2) is 0 Å². The Kier molecular flexibility index (Phi) is 7.80. The van der Waals surface area contributed by atoms with Crippen LogP contribution in [0.1, 0.15) is 33.0 Å². The van der Waals surface area contributed by atoms with Gasteiger partial charge in [-0.2, -0.15) is 26.3 Å². The minimum Gasteiger partial charge on any atom is -0.452 e. The highest BCUT2D eigenvalue weighted by atomic mass is 35.5. The van der Waals surface area contributed by atoms with E-state index in [0.29, 0.717) is 0 Å². The molecule has 0 bridgehead atoms. The largest absolute Gasteiger partial charge is 0.452 e. The molecule has 0 fully saturated rings. The van der Waals surface area contributed by atoms with Gasteiger partial charge in [0.05, 0.1) is 18.7 Å². The number of rotatable bonds is 4. The van der Waals surface area contributed by atoms with Crippen molar-refractivity contribution >= 4 is 40.9 Å². The first-order valence-electron chi connectivity index (χ1n) is 9.96. The standard InChI is InChI=1S/C22H16Cl2F6N2O4/c1-10-5-11(3-4-15(10)19(33)32(20(34)35-2)9-21(25,26)27)17-16(18(36-31-17)22(28,29)30)12-6-13(23)8-14(24)7-12/h3-8,16,18H,9H2,1-2H3. The van der Waals surface area contributed by atoms with Crippen LogP contribution in [0.4, 0.5) is 31.1 Å². The Labute approximate surface area is 210 Å². The lowest BCUT2D eigenvalue weighted by atomic mass is 9.85. The van der Waals surface area contributed by atoms with Crippen molar-refractivity contribution < 1.29 is 45.5 Å². The average molecular weight is 557 g/mol. The third-order valence-electron chi connectivity index (χ3n) is 5.16. The number of carbonyl (C=O) groups is 2. The van der Waals surface area contributed by atoms with Crippen molar-refractivity contribution in [3.05, 3.63) is 68.7 Å². The van der Waals surface area contributed by atoms with Crippen molar-refractivity contribution in [2.45, 2.75) is 31.3 Å². The van der Waals surface area contributed by atoms with Gasteiger partial charge in [0.25, 0.3) is 5.91 Å². The number of halogens is 8. The van der Waals surface area contributed by atoms with E-state index in [4.69, 9.17) is 28.0 Å². The van der Waals surface area contributed by atoms with E-state index in [-0.39, 0.29) is 42.9 Å². The third-order valence-corrected chi connectivity index (χ3v) is 5.60. The third kappa shape index (κ3) is 6.04. The highest BCUT2D eigenvalue weighted by molar-refractivity contribution is 6.34. The molecule has 6 nitrogen and oxygen atoms in total.